The third kappa shape index (κ3) is 3.18. The molecule has 2 aromatic carbocycles. The zero-order valence-electron chi connectivity index (χ0n) is 12.8. The average Bonchev–Trinajstić information content (AvgIpc) is 2.66. The predicted molar refractivity (Wildman–Crippen MR) is 83.5 cm³/mol. The molecule has 0 bridgehead atoms. The fourth-order valence-corrected chi connectivity index (χ4v) is 2.88. The lowest BCUT2D eigenvalue weighted by molar-refractivity contribution is -0.118. The minimum Gasteiger partial charge on any atom is -0.494 e. The van der Waals surface area contributed by atoms with E-state index in [1.54, 1.807) is 23.1 Å². The van der Waals surface area contributed by atoms with Crippen LogP contribution in [0.15, 0.2) is 36.4 Å². The highest BCUT2D eigenvalue weighted by atomic mass is 19.1. The monoisotopic (exact) mass is 317 g/mol. The summed E-state index contributed by atoms with van der Waals surface area (Å²) >= 11 is 0. The van der Waals surface area contributed by atoms with Gasteiger partial charge in [-0.25, -0.2) is 8.78 Å². The Morgan fingerprint density at radius 3 is 2.74 bits per heavy atom. The Morgan fingerprint density at radius 1 is 1.17 bits per heavy atom. The van der Waals surface area contributed by atoms with Gasteiger partial charge in [0, 0.05) is 12.5 Å². The van der Waals surface area contributed by atoms with Crippen molar-refractivity contribution in [1.82, 2.24) is 0 Å². The Hall–Kier alpha value is -2.43. The van der Waals surface area contributed by atoms with E-state index in [-0.39, 0.29) is 24.0 Å². The van der Waals surface area contributed by atoms with E-state index in [0.717, 1.165) is 5.56 Å². The maximum Gasteiger partial charge on any atom is 0.227 e. The Morgan fingerprint density at radius 2 is 2.00 bits per heavy atom. The molecule has 1 aliphatic rings. The second-order valence-corrected chi connectivity index (χ2v) is 5.58. The first-order valence-corrected chi connectivity index (χ1v) is 7.49. The van der Waals surface area contributed by atoms with Crippen molar-refractivity contribution < 1.29 is 18.3 Å². The van der Waals surface area contributed by atoms with Gasteiger partial charge in [-0.2, -0.15) is 0 Å². The van der Waals surface area contributed by atoms with Crippen molar-refractivity contribution in [2.24, 2.45) is 0 Å². The number of ether oxygens (including phenoxy) is 1. The van der Waals surface area contributed by atoms with E-state index in [9.17, 15) is 13.6 Å². The fraction of sp³-hybridized carbons (Fsp3) is 0.278. The molecule has 0 saturated heterocycles. The standard InChI is InChI=1S/C18H17F2NO2/c1-23-17-10-16-13(9-15(17)20)5-3-7-18(22)21(16)11-12-4-2-6-14(19)8-12/h2,4,6,8-10H,3,5,7,11H2,1H3. The van der Waals surface area contributed by atoms with Crippen molar-refractivity contribution in [3.63, 3.8) is 0 Å². The van der Waals surface area contributed by atoms with Gasteiger partial charge in [-0.1, -0.05) is 12.1 Å². The fourth-order valence-electron chi connectivity index (χ4n) is 2.88. The molecular weight excluding hydrogens is 300 g/mol. The molecule has 1 aliphatic heterocycles. The van der Waals surface area contributed by atoms with Gasteiger partial charge in [0.25, 0.3) is 0 Å². The Labute approximate surface area is 133 Å². The second kappa shape index (κ2) is 6.36. The van der Waals surface area contributed by atoms with E-state index in [1.807, 2.05) is 0 Å². The number of fused-ring (bicyclic) bond motifs is 1. The normalized spacial score (nSPS) is 14.4. The van der Waals surface area contributed by atoms with Gasteiger partial charge >= 0.3 is 0 Å². The number of aryl methyl sites for hydroxylation is 1. The summed E-state index contributed by atoms with van der Waals surface area (Å²) in [6.45, 7) is 0.248. The van der Waals surface area contributed by atoms with Crippen LogP contribution in [0.1, 0.15) is 24.0 Å². The molecule has 5 heteroatoms. The summed E-state index contributed by atoms with van der Waals surface area (Å²) in [5.41, 5.74) is 2.09. The number of carbonyl (C=O) groups excluding carboxylic acids is 1. The summed E-state index contributed by atoms with van der Waals surface area (Å²) in [6, 6.07) is 9.11. The lowest BCUT2D eigenvalue weighted by Gasteiger charge is -2.24. The van der Waals surface area contributed by atoms with Gasteiger partial charge in [-0.15, -0.1) is 0 Å². The maximum absolute atomic E-state index is 13.9. The third-order valence-corrected chi connectivity index (χ3v) is 4.01. The largest absolute Gasteiger partial charge is 0.494 e. The van der Waals surface area contributed by atoms with Gasteiger partial charge < -0.3 is 9.64 Å². The van der Waals surface area contributed by atoms with Crippen LogP contribution in [0.2, 0.25) is 0 Å². The highest BCUT2D eigenvalue weighted by Gasteiger charge is 2.24. The van der Waals surface area contributed by atoms with Crippen molar-refractivity contribution in [1.29, 1.82) is 0 Å². The number of nitrogens with zero attached hydrogens (tertiary/aromatic N) is 1. The molecule has 3 rings (SSSR count). The van der Waals surface area contributed by atoms with Gasteiger partial charge in [0.1, 0.15) is 5.82 Å². The Balaban J connectivity index is 2.03. The van der Waals surface area contributed by atoms with Gasteiger partial charge in [0.05, 0.1) is 19.3 Å². The minimum atomic E-state index is -0.439. The van der Waals surface area contributed by atoms with Crippen LogP contribution in [0.4, 0.5) is 14.5 Å². The molecule has 0 spiro atoms. The first-order chi connectivity index (χ1) is 11.1. The number of benzene rings is 2. The number of hydrogen-bond donors (Lipinski definition) is 0. The number of methoxy groups -OCH3 is 1. The molecule has 120 valence electrons. The SMILES string of the molecule is COc1cc2c(cc1F)CCCC(=O)N2Cc1cccc(F)c1. The van der Waals surface area contributed by atoms with E-state index in [4.69, 9.17) is 4.74 Å². The Kier molecular flexibility index (Phi) is 4.28. The van der Waals surface area contributed by atoms with Crippen molar-refractivity contribution in [3.8, 4) is 5.75 Å². The molecule has 0 aromatic heterocycles. The number of carbonyl (C=O) groups is 1. The summed E-state index contributed by atoms with van der Waals surface area (Å²) in [5, 5.41) is 0. The van der Waals surface area contributed by atoms with E-state index < -0.39 is 5.82 Å². The Bertz CT molecular complexity index is 746. The van der Waals surface area contributed by atoms with Crippen molar-refractivity contribution in [2.75, 3.05) is 12.0 Å². The van der Waals surface area contributed by atoms with Crippen LogP contribution >= 0.6 is 0 Å². The number of hydrogen-bond acceptors (Lipinski definition) is 2. The van der Waals surface area contributed by atoms with Crippen molar-refractivity contribution in [2.45, 2.75) is 25.8 Å². The molecule has 0 aliphatic carbocycles. The maximum atomic E-state index is 13.9. The number of rotatable bonds is 3. The van der Waals surface area contributed by atoms with Gasteiger partial charge in [0.2, 0.25) is 5.91 Å². The molecule has 0 fully saturated rings. The summed E-state index contributed by atoms with van der Waals surface area (Å²) in [7, 11) is 1.39. The molecule has 0 unspecified atom stereocenters. The summed E-state index contributed by atoms with van der Waals surface area (Å²) in [6.07, 6.45) is 1.67. The minimum absolute atomic E-state index is 0.0540. The quantitative estimate of drug-likeness (QED) is 0.861. The molecule has 2 aromatic rings. The van der Waals surface area contributed by atoms with Crippen LogP contribution in [0, 0.1) is 11.6 Å². The molecule has 0 radical (unpaired) electrons. The van der Waals surface area contributed by atoms with Gasteiger partial charge in [-0.05, 0) is 42.2 Å². The third-order valence-electron chi connectivity index (χ3n) is 4.01. The molecule has 0 atom stereocenters. The second-order valence-electron chi connectivity index (χ2n) is 5.58. The molecule has 0 N–H and O–H groups in total. The van der Waals surface area contributed by atoms with Crippen LogP contribution in [-0.2, 0) is 17.8 Å². The van der Waals surface area contributed by atoms with Crippen LogP contribution in [0.25, 0.3) is 0 Å². The lowest BCUT2D eigenvalue weighted by atomic mass is 10.1. The zero-order chi connectivity index (χ0) is 16.4. The lowest BCUT2D eigenvalue weighted by Crippen LogP contribution is -2.29. The van der Waals surface area contributed by atoms with Crippen LogP contribution in [-0.4, -0.2) is 13.0 Å². The van der Waals surface area contributed by atoms with E-state index in [2.05, 4.69) is 0 Å². The molecule has 1 heterocycles. The van der Waals surface area contributed by atoms with Crippen LogP contribution in [0.3, 0.4) is 0 Å². The van der Waals surface area contributed by atoms with Crippen molar-refractivity contribution in [3.05, 3.63) is 59.2 Å². The predicted octanol–water partition coefficient (Wildman–Crippen LogP) is 3.84. The first-order valence-electron chi connectivity index (χ1n) is 7.49. The summed E-state index contributed by atoms with van der Waals surface area (Å²) < 4.78 is 32.4. The topological polar surface area (TPSA) is 29.5 Å². The first kappa shape index (κ1) is 15.5. The van der Waals surface area contributed by atoms with Crippen LogP contribution in [0.5, 0.6) is 5.75 Å². The van der Waals surface area contributed by atoms with Gasteiger partial charge in [-0.3, -0.25) is 4.79 Å². The molecular formula is C18H17F2NO2. The van der Waals surface area contributed by atoms with E-state index in [0.29, 0.717) is 30.5 Å². The number of halogens is 2. The summed E-state index contributed by atoms with van der Waals surface area (Å²) in [4.78, 5) is 14.0. The molecule has 1 amide bonds. The highest BCUT2D eigenvalue weighted by molar-refractivity contribution is 5.95. The van der Waals surface area contributed by atoms with Crippen molar-refractivity contribution >= 4 is 11.6 Å². The van der Waals surface area contributed by atoms with E-state index >= 15 is 0 Å². The molecule has 3 nitrogen and oxygen atoms in total. The molecule has 23 heavy (non-hydrogen) atoms. The zero-order valence-corrected chi connectivity index (χ0v) is 12.8. The number of anilines is 1. The van der Waals surface area contributed by atoms with Gasteiger partial charge in [0.15, 0.2) is 11.6 Å². The van der Waals surface area contributed by atoms with Crippen LogP contribution < -0.4 is 9.64 Å². The van der Waals surface area contributed by atoms with E-state index in [1.165, 1.54) is 25.3 Å². The average molecular weight is 317 g/mol. The summed E-state index contributed by atoms with van der Waals surface area (Å²) in [5.74, 6) is -0.739. The number of amides is 1. The molecule has 0 saturated carbocycles. The highest BCUT2D eigenvalue weighted by Crippen LogP contribution is 2.33. The smallest absolute Gasteiger partial charge is 0.227 e.